The van der Waals surface area contributed by atoms with E-state index in [0.29, 0.717) is 17.7 Å². The maximum Gasteiger partial charge on any atom is 0.341 e. The molecule has 1 aliphatic rings. The van der Waals surface area contributed by atoms with Gasteiger partial charge in [-0.1, -0.05) is 11.6 Å². The number of carbonyl (C=O) groups is 2. The Balaban J connectivity index is 1.73. The summed E-state index contributed by atoms with van der Waals surface area (Å²) in [5.41, 5.74) is 1.76. The van der Waals surface area contributed by atoms with Gasteiger partial charge in [-0.3, -0.25) is 9.10 Å². The lowest BCUT2D eigenvalue weighted by Crippen LogP contribution is -2.34. The minimum absolute atomic E-state index is 0.00216. The molecule has 27 heavy (non-hydrogen) atoms. The second-order valence-corrected chi connectivity index (χ2v) is 8.51. The van der Waals surface area contributed by atoms with Gasteiger partial charge in [-0.25, -0.2) is 18.2 Å². The van der Waals surface area contributed by atoms with Crippen LogP contribution in [0.3, 0.4) is 0 Å². The second-order valence-electron chi connectivity index (χ2n) is 6.30. The summed E-state index contributed by atoms with van der Waals surface area (Å²) in [7, 11) is -3.39. The van der Waals surface area contributed by atoms with Crippen molar-refractivity contribution in [1.82, 2.24) is 4.98 Å². The molecule has 142 valence electrons. The standard InChI is InChI=1S/C18H17ClN2O5S/c1-11-8-13-9-12(5-6-15(13)21(11)27(2,24)25)16(22)10-26-18(23)14-4-3-7-20-17(14)19/h3-7,9,11H,8,10H2,1-2H3/t11-/m0/s1. The Bertz CT molecular complexity index is 1020. The van der Waals surface area contributed by atoms with Crippen LogP contribution in [0.25, 0.3) is 0 Å². The van der Waals surface area contributed by atoms with Crippen LogP contribution >= 0.6 is 11.6 Å². The molecular weight excluding hydrogens is 392 g/mol. The zero-order valence-electron chi connectivity index (χ0n) is 14.7. The quantitative estimate of drug-likeness (QED) is 0.428. The number of Topliss-reactive ketones (excluding diaryl/α,β-unsaturated/α-hetero) is 1. The summed E-state index contributed by atoms with van der Waals surface area (Å²) in [4.78, 5) is 28.2. The first-order valence-electron chi connectivity index (χ1n) is 8.11. The molecule has 9 heteroatoms. The van der Waals surface area contributed by atoms with Crippen LogP contribution in [-0.2, 0) is 21.2 Å². The molecule has 0 unspecified atom stereocenters. The second kappa shape index (κ2) is 7.28. The molecule has 0 spiro atoms. The highest BCUT2D eigenvalue weighted by Gasteiger charge is 2.32. The van der Waals surface area contributed by atoms with Crippen molar-refractivity contribution in [2.45, 2.75) is 19.4 Å². The van der Waals surface area contributed by atoms with E-state index >= 15 is 0 Å². The predicted octanol–water partition coefficient (Wildman–Crippen LogP) is 2.49. The first-order valence-corrected chi connectivity index (χ1v) is 10.3. The lowest BCUT2D eigenvalue weighted by molar-refractivity contribution is 0.0474. The van der Waals surface area contributed by atoms with Gasteiger partial charge in [0.05, 0.1) is 17.5 Å². The van der Waals surface area contributed by atoms with Crippen LogP contribution in [0.5, 0.6) is 0 Å². The SMILES string of the molecule is C[C@H]1Cc2cc(C(=O)COC(=O)c3cccnc3Cl)ccc2N1S(C)(=O)=O. The number of ketones is 1. The summed E-state index contributed by atoms with van der Waals surface area (Å²) >= 11 is 5.83. The van der Waals surface area contributed by atoms with Crippen molar-refractivity contribution in [3.05, 3.63) is 58.4 Å². The average molecular weight is 409 g/mol. The summed E-state index contributed by atoms with van der Waals surface area (Å²) in [6.07, 6.45) is 3.10. The highest BCUT2D eigenvalue weighted by Crippen LogP contribution is 2.34. The summed E-state index contributed by atoms with van der Waals surface area (Å²) in [6.45, 7) is 1.36. The minimum atomic E-state index is -3.39. The van der Waals surface area contributed by atoms with E-state index in [4.69, 9.17) is 16.3 Å². The number of esters is 1. The number of nitrogens with zero attached hydrogens (tertiary/aromatic N) is 2. The molecule has 2 heterocycles. The van der Waals surface area contributed by atoms with Gasteiger partial charge >= 0.3 is 5.97 Å². The van der Waals surface area contributed by atoms with Crippen molar-refractivity contribution >= 4 is 39.1 Å². The van der Waals surface area contributed by atoms with Crippen molar-refractivity contribution < 1.29 is 22.7 Å². The molecular formula is C18H17ClN2O5S. The summed E-state index contributed by atoms with van der Waals surface area (Å²) in [5, 5.41) is 0.00216. The van der Waals surface area contributed by atoms with Gasteiger partial charge in [-0.2, -0.15) is 0 Å². The van der Waals surface area contributed by atoms with E-state index in [0.717, 1.165) is 11.8 Å². The van der Waals surface area contributed by atoms with E-state index in [2.05, 4.69) is 4.98 Å². The number of hydrogen-bond donors (Lipinski definition) is 0. The van der Waals surface area contributed by atoms with Crippen molar-refractivity contribution in [3.63, 3.8) is 0 Å². The number of sulfonamides is 1. The summed E-state index contributed by atoms with van der Waals surface area (Å²) < 4.78 is 30.3. The monoisotopic (exact) mass is 408 g/mol. The third-order valence-electron chi connectivity index (χ3n) is 4.23. The molecule has 1 atom stereocenters. The molecule has 0 aliphatic carbocycles. The maximum atomic E-state index is 12.4. The Hall–Kier alpha value is -2.45. The van der Waals surface area contributed by atoms with Crippen LogP contribution in [0.1, 0.15) is 33.2 Å². The fourth-order valence-electron chi connectivity index (χ4n) is 3.11. The Morgan fingerprint density at radius 3 is 2.74 bits per heavy atom. The normalized spacial score (nSPS) is 16.1. The van der Waals surface area contributed by atoms with Gasteiger partial charge in [0, 0.05) is 17.8 Å². The fraction of sp³-hybridized carbons (Fsp3) is 0.278. The van der Waals surface area contributed by atoms with E-state index in [9.17, 15) is 18.0 Å². The molecule has 0 saturated carbocycles. The number of hydrogen-bond acceptors (Lipinski definition) is 6. The third kappa shape index (κ3) is 3.96. The van der Waals surface area contributed by atoms with Gasteiger partial charge in [0.1, 0.15) is 5.15 Å². The van der Waals surface area contributed by atoms with Gasteiger partial charge in [0.25, 0.3) is 0 Å². The average Bonchev–Trinajstić information content (AvgIpc) is 2.94. The zero-order valence-corrected chi connectivity index (χ0v) is 16.2. The van der Waals surface area contributed by atoms with E-state index in [1.165, 1.54) is 22.6 Å². The molecule has 0 amide bonds. The zero-order chi connectivity index (χ0) is 19.8. The number of ether oxygens (including phenoxy) is 1. The Morgan fingerprint density at radius 2 is 2.07 bits per heavy atom. The van der Waals surface area contributed by atoms with Crippen LogP contribution in [-0.4, -0.2) is 44.1 Å². The van der Waals surface area contributed by atoms with Gasteiger partial charge in [-0.15, -0.1) is 0 Å². The molecule has 0 radical (unpaired) electrons. The van der Waals surface area contributed by atoms with Crippen molar-refractivity contribution in [3.8, 4) is 0 Å². The maximum absolute atomic E-state index is 12.4. The van der Waals surface area contributed by atoms with Gasteiger partial charge in [0.15, 0.2) is 12.4 Å². The van der Waals surface area contributed by atoms with Crippen LogP contribution in [0, 0.1) is 0 Å². The molecule has 1 aromatic carbocycles. The number of carbonyl (C=O) groups excluding carboxylic acids is 2. The van der Waals surface area contributed by atoms with Crippen LogP contribution in [0.15, 0.2) is 36.5 Å². The largest absolute Gasteiger partial charge is 0.454 e. The molecule has 0 saturated heterocycles. The third-order valence-corrected chi connectivity index (χ3v) is 5.80. The minimum Gasteiger partial charge on any atom is -0.454 e. The van der Waals surface area contributed by atoms with E-state index in [1.807, 2.05) is 6.92 Å². The number of fused-ring (bicyclic) bond motifs is 1. The van der Waals surface area contributed by atoms with Crippen LogP contribution < -0.4 is 4.31 Å². The number of aromatic nitrogens is 1. The summed E-state index contributed by atoms with van der Waals surface area (Å²) in [6, 6.07) is 7.56. The smallest absolute Gasteiger partial charge is 0.341 e. The van der Waals surface area contributed by atoms with E-state index < -0.39 is 28.4 Å². The highest BCUT2D eigenvalue weighted by molar-refractivity contribution is 7.92. The lowest BCUT2D eigenvalue weighted by atomic mass is 10.0. The molecule has 2 aromatic rings. The molecule has 3 rings (SSSR count). The van der Waals surface area contributed by atoms with Gasteiger partial charge in [0.2, 0.25) is 10.0 Å². The van der Waals surface area contributed by atoms with E-state index in [-0.39, 0.29) is 16.8 Å². The Labute approximate surface area is 162 Å². The van der Waals surface area contributed by atoms with Crippen molar-refractivity contribution in [1.29, 1.82) is 0 Å². The lowest BCUT2D eigenvalue weighted by Gasteiger charge is -2.21. The molecule has 1 aromatic heterocycles. The molecule has 0 bridgehead atoms. The molecule has 1 aliphatic heterocycles. The van der Waals surface area contributed by atoms with Gasteiger partial charge in [-0.05, 0) is 49.2 Å². The number of halogens is 1. The van der Waals surface area contributed by atoms with Crippen LogP contribution in [0.2, 0.25) is 5.15 Å². The van der Waals surface area contributed by atoms with Gasteiger partial charge < -0.3 is 4.74 Å². The first-order chi connectivity index (χ1) is 12.7. The number of rotatable bonds is 5. The molecule has 7 nitrogen and oxygen atoms in total. The predicted molar refractivity (Wildman–Crippen MR) is 101 cm³/mol. The van der Waals surface area contributed by atoms with Crippen molar-refractivity contribution in [2.75, 3.05) is 17.2 Å². The van der Waals surface area contributed by atoms with E-state index in [1.54, 1.807) is 18.2 Å². The first kappa shape index (κ1) is 19.3. The Morgan fingerprint density at radius 1 is 1.33 bits per heavy atom. The number of benzene rings is 1. The fourth-order valence-corrected chi connectivity index (χ4v) is 4.57. The highest BCUT2D eigenvalue weighted by atomic mass is 35.5. The Kier molecular flexibility index (Phi) is 5.21. The number of pyridine rings is 1. The topological polar surface area (TPSA) is 93.6 Å². The van der Waals surface area contributed by atoms with Crippen molar-refractivity contribution in [2.24, 2.45) is 0 Å². The molecule has 0 N–H and O–H groups in total. The molecule has 0 fully saturated rings. The number of anilines is 1. The summed E-state index contributed by atoms with van der Waals surface area (Å²) in [5.74, 6) is -1.13. The van der Waals surface area contributed by atoms with Crippen LogP contribution in [0.4, 0.5) is 5.69 Å².